The summed E-state index contributed by atoms with van der Waals surface area (Å²) in [5.41, 5.74) is 5.12. The predicted molar refractivity (Wildman–Crippen MR) is 160 cm³/mol. The number of anilines is 5. The Labute approximate surface area is 238 Å². The maximum Gasteiger partial charge on any atom is 0.231 e. The molecule has 1 aliphatic heterocycles. The Kier molecular flexibility index (Phi) is 6.81. The molecule has 7 rings (SSSR count). The zero-order valence-corrected chi connectivity index (χ0v) is 23.0. The summed E-state index contributed by atoms with van der Waals surface area (Å²) in [5.74, 6) is 4.35. The summed E-state index contributed by atoms with van der Waals surface area (Å²) < 4.78 is 5.60. The highest BCUT2D eigenvalue weighted by Gasteiger charge is 2.25. The zero-order chi connectivity index (χ0) is 27.6. The average molecular weight is 548 g/mol. The summed E-state index contributed by atoms with van der Waals surface area (Å²) in [6.07, 6.45) is 3.11. The van der Waals surface area contributed by atoms with Crippen LogP contribution in [0.3, 0.4) is 0 Å². The first-order valence-corrected chi connectivity index (χ1v) is 14.2. The molecule has 0 radical (unpaired) electrons. The van der Waals surface area contributed by atoms with Crippen LogP contribution >= 0.6 is 0 Å². The van der Waals surface area contributed by atoms with Gasteiger partial charge in [0.25, 0.3) is 0 Å². The third-order valence-corrected chi connectivity index (χ3v) is 7.63. The van der Waals surface area contributed by atoms with Gasteiger partial charge < -0.3 is 25.0 Å². The van der Waals surface area contributed by atoms with Crippen LogP contribution in [0.25, 0.3) is 11.3 Å². The lowest BCUT2D eigenvalue weighted by atomic mass is 10.1. The number of rotatable bonds is 9. The van der Waals surface area contributed by atoms with Crippen LogP contribution in [0.2, 0.25) is 0 Å². The molecule has 208 valence electrons. The molecular formula is C31H33N9O. The van der Waals surface area contributed by atoms with Gasteiger partial charge in [0.05, 0.1) is 0 Å². The average Bonchev–Trinajstić information content (AvgIpc) is 3.57. The highest BCUT2D eigenvalue weighted by molar-refractivity contribution is 5.63. The van der Waals surface area contributed by atoms with Crippen LogP contribution < -0.4 is 15.5 Å². The van der Waals surface area contributed by atoms with E-state index in [0.29, 0.717) is 24.1 Å². The Hall–Kier alpha value is -4.70. The number of aromatic nitrogens is 5. The molecule has 2 fully saturated rings. The monoisotopic (exact) mass is 547 g/mol. The van der Waals surface area contributed by atoms with Crippen molar-refractivity contribution < 1.29 is 4.52 Å². The van der Waals surface area contributed by atoms with E-state index in [1.54, 1.807) is 0 Å². The molecule has 4 heterocycles. The number of likely N-dealkylation sites (N-methyl/N-ethyl adjacent to an activating group) is 1. The molecule has 0 bridgehead atoms. The van der Waals surface area contributed by atoms with Crippen LogP contribution in [0, 0.1) is 0 Å². The second-order valence-electron chi connectivity index (χ2n) is 10.9. The topological polar surface area (TPSA) is 111 Å². The number of aromatic amines is 1. The summed E-state index contributed by atoms with van der Waals surface area (Å²) in [6.45, 7) is 3.84. The molecule has 41 heavy (non-hydrogen) atoms. The normalized spacial score (nSPS) is 15.7. The van der Waals surface area contributed by atoms with Gasteiger partial charge in [0.2, 0.25) is 5.95 Å². The number of H-pyrrole nitrogens is 1. The Balaban J connectivity index is 1.07. The van der Waals surface area contributed by atoms with Gasteiger partial charge in [-0.1, -0.05) is 47.6 Å². The Bertz CT molecular complexity index is 1600. The molecule has 0 unspecified atom stereocenters. The first-order valence-electron chi connectivity index (χ1n) is 14.2. The summed E-state index contributed by atoms with van der Waals surface area (Å²) in [4.78, 5) is 14.3. The van der Waals surface area contributed by atoms with E-state index >= 15 is 0 Å². The predicted octanol–water partition coefficient (Wildman–Crippen LogP) is 5.56. The lowest BCUT2D eigenvalue weighted by Gasteiger charge is -2.33. The van der Waals surface area contributed by atoms with Crippen molar-refractivity contribution in [2.75, 3.05) is 48.8 Å². The fraction of sp³-hybridized carbons (Fsp3) is 0.290. The molecule has 0 spiro atoms. The van der Waals surface area contributed by atoms with E-state index in [-0.39, 0.29) is 0 Å². The van der Waals surface area contributed by atoms with Crippen molar-refractivity contribution in [3.63, 3.8) is 0 Å². The molecule has 0 amide bonds. The molecule has 1 saturated heterocycles. The van der Waals surface area contributed by atoms with E-state index in [9.17, 15) is 0 Å². The first kappa shape index (κ1) is 25.3. The van der Waals surface area contributed by atoms with Crippen molar-refractivity contribution in [3.05, 3.63) is 89.8 Å². The van der Waals surface area contributed by atoms with Crippen molar-refractivity contribution in [1.82, 2.24) is 30.2 Å². The van der Waals surface area contributed by atoms with Gasteiger partial charge in [-0.05, 0) is 37.6 Å². The van der Waals surface area contributed by atoms with E-state index in [1.807, 2.05) is 54.6 Å². The van der Waals surface area contributed by atoms with Crippen molar-refractivity contribution in [1.29, 1.82) is 0 Å². The standard InChI is InChI=1S/C31H33N9O/c1-39-13-15-40(16-14-39)30-20-28(33-29-19-26(36-37-29)23-9-10-23)34-31(35-30)32-24-11-7-21(8-12-24)17-25-18-27(38-41-25)22-5-3-2-4-6-22/h2-8,11-12,18-20,23H,9-10,13-17H2,1H3,(H3,32,33,34,35,36,37). The van der Waals surface area contributed by atoms with Gasteiger partial charge in [0, 0.05) is 73.7 Å². The zero-order valence-electron chi connectivity index (χ0n) is 23.0. The fourth-order valence-corrected chi connectivity index (χ4v) is 5.06. The van der Waals surface area contributed by atoms with Crippen LogP contribution in [0.4, 0.5) is 29.1 Å². The maximum atomic E-state index is 5.60. The molecule has 3 aromatic heterocycles. The Morgan fingerprint density at radius 1 is 0.878 bits per heavy atom. The van der Waals surface area contributed by atoms with Gasteiger partial charge in [-0.3, -0.25) is 5.10 Å². The lowest BCUT2D eigenvalue weighted by Crippen LogP contribution is -2.44. The van der Waals surface area contributed by atoms with Gasteiger partial charge >= 0.3 is 0 Å². The molecule has 10 heteroatoms. The highest BCUT2D eigenvalue weighted by Crippen LogP contribution is 2.39. The van der Waals surface area contributed by atoms with Crippen LogP contribution in [-0.4, -0.2) is 63.4 Å². The summed E-state index contributed by atoms with van der Waals surface area (Å²) in [6, 6.07) is 24.4. The van der Waals surface area contributed by atoms with Gasteiger partial charge in [0.1, 0.15) is 23.1 Å². The minimum Gasteiger partial charge on any atom is -0.360 e. The van der Waals surface area contributed by atoms with E-state index < -0.39 is 0 Å². The van der Waals surface area contributed by atoms with Crippen molar-refractivity contribution >= 4 is 29.1 Å². The van der Waals surface area contributed by atoms with Crippen LogP contribution in [-0.2, 0) is 6.42 Å². The van der Waals surface area contributed by atoms with Gasteiger partial charge in [-0.15, -0.1) is 0 Å². The second kappa shape index (κ2) is 11.1. The maximum absolute atomic E-state index is 5.60. The minimum absolute atomic E-state index is 0.539. The molecule has 1 saturated carbocycles. The summed E-state index contributed by atoms with van der Waals surface area (Å²) >= 11 is 0. The highest BCUT2D eigenvalue weighted by atomic mass is 16.5. The van der Waals surface area contributed by atoms with Gasteiger partial charge in [0.15, 0.2) is 5.82 Å². The molecule has 2 aliphatic rings. The largest absolute Gasteiger partial charge is 0.360 e. The fourth-order valence-electron chi connectivity index (χ4n) is 5.06. The second-order valence-corrected chi connectivity index (χ2v) is 10.9. The number of benzene rings is 2. The van der Waals surface area contributed by atoms with Crippen molar-refractivity contribution in [2.45, 2.75) is 25.2 Å². The molecule has 10 nitrogen and oxygen atoms in total. The number of nitrogens with one attached hydrogen (secondary N) is 3. The molecule has 3 N–H and O–H groups in total. The van der Waals surface area contributed by atoms with E-state index in [4.69, 9.17) is 14.5 Å². The van der Waals surface area contributed by atoms with E-state index in [0.717, 1.165) is 66.1 Å². The van der Waals surface area contributed by atoms with Crippen molar-refractivity contribution in [2.24, 2.45) is 0 Å². The number of hydrogen-bond acceptors (Lipinski definition) is 9. The number of piperazine rings is 1. The van der Waals surface area contributed by atoms with E-state index in [1.165, 1.54) is 18.5 Å². The number of hydrogen-bond donors (Lipinski definition) is 3. The molecule has 5 aromatic rings. The van der Waals surface area contributed by atoms with Gasteiger partial charge in [-0.25, -0.2) is 0 Å². The van der Waals surface area contributed by atoms with Crippen LogP contribution in [0.1, 0.15) is 35.8 Å². The van der Waals surface area contributed by atoms with Crippen LogP contribution in [0.15, 0.2) is 77.3 Å². The van der Waals surface area contributed by atoms with Crippen molar-refractivity contribution in [3.8, 4) is 11.3 Å². The Morgan fingerprint density at radius 3 is 2.46 bits per heavy atom. The van der Waals surface area contributed by atoms with E-state index in [2.05, 4.69) is 61.0 Å². The molecule has 2 aromatic carbocycles. The lowest BCUT2D eigenvalue weighted by molar-refractivity contribution is 0.312. The molecule has 1 aliphatic carbocycles. The quantitative estimate of drug-likeness (QED) is 0.218. The first-order chi connectivity index (χ1) is 20.1. The SMILES string of the molecule is CN1CCN(c2cc(Nc3cc(C4CC4)[nH]n3)nc(Nc3ccc(Cc4cc(-c5ccccc5)no4)cc3)n2)CC1. The minimum atomic E-state index is 0.539. The smallest absolute Gasteiger partial charge is 0.231 e. The molecule has 0 atom stereocenters. The Morgan fingerprint density at radius 2 is 1.68 bits per heavy atom. The summed E-state index contributed by atoms with van der Waals surface area (Å²) in [5, 5.41) is 18.6. The number of nitrogens with zero attached hydrogens (tertiary/aromatic N) is 6. The third-order valence-electron chi connectivity index (χ3n) is 7.63. The van der Waals surface area contributed by atoms with Gasteiger partial charge in [-0.2, -0.15) is 15.1 Å². The third kappa shape index (κ3) is 6.07. The summed E-state index contributed by atoms with van der Waals surface area (Å²) in [7, 11) is 2.15. The van der Waals surface area contributed by atoms with Crippen LogP contribution in [0.5, 0.6) is 0 Å². The molecular weight excluding hydrogens is 514 g/mol.